The Hall–Kier alpha value is -0.0800. The second kappa shape index (κ2) is 5.05. The lowest BCUT2D eigenvalue weighted by molar-refractivity contribution is 0.0865. The van der Waals surface area contributed by atoms with E-state index in [9.17, 15) is 0 Å². The van der Waals surface area contributed by atoms with Crippen molar-refractivity contribution in [1.82, 2.24) is 4.90 Å². The molecule has 0 radical (unpaired) electrons. The van der Waals surface area contributed by atoms with E-state index in [-0.39, 0.29) is 5.41 Å². The molecule has 1 rings (SSSR count). The zero-order chi connectivity index (χ0) is 12.4. The molecule has 16 heavy (non-hydrogen) atoms. The number of piperidine rings is 1. The van der Waals surface area contributed by atoms with Crippen molar-refractivity contribution in [3.8, 4) is 0 Å². The highest BCUT2D eigenvalue weighted by molar-refractivity contribution is 4.83. The molecule has 1 saturated heterocycles. The number of likely N-dealkylation sites (tertiary alicyclic amines) is 1. The maximum absolute atomic E-state index is 5.79. The van der Waals surface area contributed by atoms with E-state index in [1.54, 1.807) is 0 Å². The summed E-state index contributed by atoms with van der Waals surface area (Å²) >= 11 is 0. The fourth-order valence-corrected chi connectivity index (χ4v) is 2.63. The van der Waals surface area contributed by atoms with E-state index in [0.29, 0.717) is 5.41 Å². The third-order valence-electron chi connectivity index (χ3n) is 4.02. The van der Waals surface area contributed by atoms with Crippen LogP contribution in [0.15, 0.2) is 0 Å². The van der Waals surface area contributed by atoms with Crippen molar-refractivity contribution in [1.29, 1.82) is 0 Å². The molecule has 96 valence electrons. The Bertz CT molecular complexity index is 207. The van der Waals surface area contributed by atoms with Gasteiger partial charge in [-0.05, 0) is 49.2 Å². The lowest BCUT2D eigenvalue weighted by atomic mass is 9.75. The fraction of sp³-hybridized carbons (Fsp3) is 1.00. The minimum Gasteiger partial charge on any atom is -0.330 e. The van der Waals surface area contributed by atoms with Gasteiger partial charge in [0.05, 0.1) is 0 Å². The fourth-order valence-electron chi connectivity index (χ4n) is 2.63. The van der Waals surface area contributed by atoms with Crippen molar-refractivity contribution >= 4 is 0 Å². The summed E-state index contributed by atoms with van der Waals surface area (Å²) in [5.74, 6) is 0.893. The molecule has 0 spiro atoms. The monoisotopic (exact) mass is 226 g/mol. The van der Waals surface area contributed by atoms with Crippen molar-refractivity contribution in [2.75, 3.05) is 26.2 Å². The molecule has 0 aromatic rings. The molecule has 0 saturated carbocycles. The summed E-state index contributed by atoms with van der Waals surface area (Å²) < 4.78 is 0. The van der Waals surface area contributed by atoms with Crippen LogP contribution in [-0.2, 0) is 0 Å². The molecule has 0 amide bonds. The van der Waals surface area contributed by atoms with Gasteiger partial charge in [-0.1, -0.05) is 34.6 Å². The van der Waals surface area contributed by atoms with Gasteiger partial charge < -0.3 is 10.6 Å². The van der Waals surface area contributed by atoms with E-state index in [1.165, 1.54) is 25.9 Å². The Morgan fingerprint density at radius 1 is 1.06 bits per heavy atom. The number of hydrogen-bond donors (Lipinski definition) is 1. The van der Waals surface area contributed by atoms with E-state index in [4.69, 9.17) is 5.73 Å². The van der Waals surface area contributed by atoms with Crippen LogP contribution in [0.4, 0.5) is 0 Å². The minimum atomic E-state index is 0.272. The van der Waals surface area contributed by atoms with Gasteiger partial charge in [0.1, 0.15) is 0 Å². The summed E-state index contributed by atoms with van der Waals surface area (Å²) in [4.78, 5) is 2.59. The molecule has 0 unspecified atom stereocenters. The third kappa shape index (κ3) is 4.06. The van der Waals surface area contributed by atoms with Crippen molar-refractivity contribution in [3.63, 3.8) is 0 Å². The van der Waals surface area contributed by atoms with Crippen molar-refractivity contribution in [3.05, 3.63) is 0 Å². The van der Waals surface area contributed by atoms with Gasteiger partial charge in [-0.15, -0.1) is 0 Å². The lowest BCUT2D eigenvalue weighted by Gasteiger charge is -2.41. The quantitative estimate of drug-likeness (QED) is 0.802. The summed E-state index contributed by atoms with van der Waals surface area (Å²) in [6.45, 7) is 16.1. The second-order valence-corrected chi connectivity index (χ2v) is 7.28. The van der Waals surface area contributed by atoms with Crippen molar-refractivity contribution < 1.29 is 0 Å². The first-order valence-corrected chi connectivity index (χ1v) is 6.67. The van der Waals surface area contributed by atoms with Crippen LogP contribution in [0.1, 0.15) is 47.5 Å². The highest BCUT2D eigenvalue weighted by atomic mass is 15.1. The Morgan fingerprint density at radius 3 is 1.94 bits per heavy atom. The molecule has 0 aromatic carbocycles. The first-order valence-electron chi connectivity index (χ1n) is 6.67. The molecule has 1 heterocycles. The molecular formula is C14H30N2. The molecule has 0 aliphatic carbocycles. The summed E-state index contributed by atoms with van der Waals surface area (Å²) in [5, 5.41) is 0. The van der Waals surface area contributed by atoms with E-state index < -0.39 is 0 Å². The minimum absolute atomic E-state index is 0.272. The van der Waals surface area contributed by atoms with E-state index in [1.807, 2.05) is 0 Å². The van der Waals surface area contributed by atoms with E-state index >= 15 is 0 Å². The van der Waals surface area contributed by atoms with E-state index in [0.717, 1.165) is 19.0 Å². The number of hydrogen-bond acceptors (Lipinski definition) is 2. The first kappa shape index (κ1) is 14.0. The molecule has 2 heteroatoms. The van der Waals surface area contributed by atoms with Gasteiger partial charge in [0.15, 0.2) is 0 Å². The van der Waals surface area contributed by atoms with Crippen molar-refractivity contribution in [2.45, 2.75) is 47.5 Å². The molecule has 2 N–H and O–H groups in total. The number of nitrogens with zero attached hydrogens (tertiary/aromatic N) is 1. The molecule has 0 atom stereocenters. The average Bonchev–Trinajstić information content (AvgIpc) is 2.16. The van der Waals surface area contributed by atoms with Crippen LogP contribution < -0.4 is 5.73 Å². The van der Waals surface area contributed by atoms with Gasteiger partial charge in [0, 0.05) is 6.54 Å². The maximum Gasteiger partial charge on any atom is 0.00448 e. The van der Waals surface area contributed by atoms with Gasteiger partial charge in [0.2, 0.25) is 0 Å². The first-order chi connectivity index (χ1) is 7.24. The smallest absolute Gasteiger partial charge is 0.00448 e. The van der Waals surface area contributed by atoms with E-state index in [2.05, 4.69) is 39.5 Å². The molecule has 1 fully saturated rings. The second-order valence-electron chi connectivity index (χ2n) is 7.28. The highest BCUT2D eigenvalue weighted by Crippen LogP contribution is 2.34. The molecule has 1 aliphatic rings. The van der Waals surface area contributed by atoms with Gasteiger partial charge in [-0.3, -0.25) is 0 Å². The normalized spacial score (nSPS) is 21.4. The Morgan fingerprint density at radius 2 is 1.56 bits per heavy atom. The van der Waals surface area contributed by atoms with Crippen LogP contribution in [0.3, 0.4) is 0 Å². The maximum atomic E-state index is 5.79. The topological polar surface area (TPSA) is 29.3 Å². The highest BCUT2D eigenvalue weighted by Gasteiger charge is 2.30. The summed E-state index contributed by atoms with van der Waals surface area (Å²) in [5.41, 5.74) is 6.55. The van der Waals surface area contributed by atoms with Crippen LogP contribution >= 0.6 is 0 Å². The predicted octanol–water partition coefficient (Wildman–Crippen LogP) is 2.73. The summed E-state index contributed by atoms with van der Waals surface area (Å²) in [7, 11) is 0. The third-order valence-corrected chi connectivity index (χ3v) is 4.02. The molecule has 0 bridgehead atoms. The van der Waals surface area contributed by atoms with Crippen LogP contribution in [0.5, 0.6) is 0 Å². The predicted molar refractivity (Wildman–Crippen MR) is 71.5 cm³/mol. The zero-order valence-electron chi connectivity index (χ0n) is 11.8. The number of nitrogens with two attached hydrogens (primary N) is 1. The lowest BCUT2D eigenvalue weighted by Crippen LogP contribution is -2.44. The van der Waals surface area contributed by atoms with Gasteiger partial charge in [-0.25, -0.2) is 0 Å². The van der Waals surface area contributed by atoms with Crippen LogP contribution in [0.25, 0.3) is 0 Å². The standard InChI is InChI=1S/C14H30N2/c1-13(2,3)12-6-8-16(9-7-12)11-14(4,5)10-15/h12H,6-11,15H2,1-5H3. The van der Waals surface area contributed by atoms with Gasteiger partial charge >= 0.3 is 0 Å². The Balaban J connectivity index is 2.38. The van der Waals surface area contributed by atoms with Crippen LogP contribution in [0.2, 0.25) is 0 Å². The van der Waals surface area contributed by atoms with Crippen LogP contribution in [0, 0.1) is 16.7 Å². The zero-order valence-corrected chi connectivity index (χ0v) is 11.8. The summed E-state index contributed by atoms with van der Waals surface area (Å²) in [6, 6.07) is 0. The van der Waals surface area contributed by atoms with Gasteiger partial charge in [-0.2, -0.15) is 0 Å². The number of rotatable bonds is 3. The Labute approximate surface area is 102 Å². The molecule has 0 aromatic heterocycles. The van der Waals surface area contributed by atoms with Crippen LogP contribution in [-0.4, -0.2) is 31.1 Å². The molecule has 2 nitrogen and oxygen atoms in total. The summed E-state index contributed by atoms with van der Waals surface area (Å²) in [6.07, 6.45) is 2.70. The molecular weight excluding hydrogens is 196 g/mol. The average molecular weight is 226 g/mol. The Kier molecular flexibility index (Phi) is 4.42. The SMILES string of the molecule is CC(C)(CN)CN1CCC(C(C)(C)C)CC1. The van der Waals surface area contributed by atoms with Crippen molar-refractivity contribution in [2.24, 2.45) is 22.5 Å². The largest absolute Gasteiger partial charge is 0.330 e. The van der Waals surface area contributed by atoms with Gasteiger partial charge in [0.25, 0.3) is 0 Å². The molecule has 1 aliphatic heterocycles.